The van der Waals surface area contributed by atoms with E-state index < -0.39 is 9.84 Å². The minimum absolute atomic E-state index is 0.0539. The van der Waals surface area contributed by atoms with E-state index in [9.17, 15) is 13.2 Å². The van der Waals surface area contributed by atoms with E-state index in [1.54, 1.807) is 0 Å². The molecule has 6 heteroatoms. The molecule has 3 N–H and O–H groups in total. The zero-order valence-electron chi connectivity index (χ0n) is 11.5. The van der Waals surface area contributed by atoms with Crippen molar-refractivity contribution in [3.63, 3.8) is 0 Å². The standard InChI is InChI=1S/C13H24N2O3S/c1-9-4-2-6-11(14)12(9)13(16)15-10-5-3-7-19(17,18)8-10/h9-12H,2-8,14H2,1H3,(H,15,16). The minimum atomic E-state index is -2.98. The van der Waals surface area contributed by atoms with E-state index in [2.05, 4.69) is 12.2 Å². The van der Waals surface area contributed by atoms with E-state index in [1.807, 2.05) is 0 Å². The predicted molar refractivity (Wildman–Crippen MR) is 74.3 cm³/mol. The molecule has 4 atom stereocenters. The molecular formula is C13H24N2O3S. The van der Waals surface area contributed by atoms with Crippen molar-refractivity contribution in [1.29, 1.82) is 0 Å². The van der Waals surface area contributed by atoms with Gasteiger partial charge in [-0.3, -0.25) is 4.79 Å². The molecule has 1 heterocycles. The first-order valence-electron chi connectivity index (χ1n) is 7.15. The Morgan fingerprint density at radius 3 is 2.58 bits per heavy atom. The molecule has 1 aliphatic carbocycles. The monoisotopic (exact) mass is 288 g/mol. The number of nitrogens with one attached hydrogen (secondary N) is 1. The lowest BCUT2D eigenvalue weighted by molar-refractivity contribution is -0.128. The van der Waals surface area contributed by atoms with Gasteiger partial charge in [0.2, 0.25) is 5.91 Å². The van der Waals surface area contributed by atoms with Crippen LogP contribution in [-0.4, -0.2) is 37.9 Å². The largest absolute Gasteiger partial charge is 0.352 e. The highest BCUT2D eigenvalue weighted by Crippen LogP contribution is 2.29. The number of carbonyl (C=O) groups excluding carboxylic acids is 1. The summed E-state index contributed by atoms with van der Waals surface area (Å²) in [5.74, 6) is 0.387. The first kappa shape index (κ1) is 14.8. The van der Waals surface area contributed by atoms with E-state index in [0.717, 1.165) is 25.7 Å². The molecule has 1 aliphatic heterocycles. The van der Waals surface area contributed by atoms with Crippen LogP contribution in [0, 0.1) is 11.8 Å². The molecule has 4 unspecified atom stereocenters. The third kappa shape index (κ3) is 3.69. The van der Waals surface area contributed by atoms with E-state index in [1.165, 1.54) is 0 Å². The Kier molecular flexibility index (Phi) is 4.50. The van der Waals surface area contributed by atoms with Crippen LogP contribution in [-0.2, 0) is 14.6 Å². The van der Waals surface area contributed by atoms with Crippen molar-refractivity contribution in [3.05, 3.63) is 0 Å². The molecule has 19 heavy (non-hydrogen) atoms. The smallest absolute Gasteiger partial charge is 0.225 e. The van der Waals surface area contributed by atoms with Gasteiger partial charge >= 0.3 is 0 Å². The summed E-state index contributed by atoms with van der Waals surface area (Å²) in [7, 11) is -2.98. The van der Waals surface area contributed by atoms with Crippen molar-refractivity contribution in [2.24, 2.45) is 17.6 Å². The summed E-state index contributed by atoms with van der Waals surface area (Å²) in [4.78, 5) is 12.3. The van der Waals surface area contributed by atoms with E-state index in [0.29, 0.717) is 6.42 Å². The number of rotatable bonds is 2. The maximum atomic E-state index is 12.3. The fourth-order valence-electron chi connectivity index (χ4n) is 3.34. The van der Waals surface area contributed by atoms with Crippen molar-refractivity contribution in [2.75, 3.05) is 11.5 Å². The van der Waals surface area contributed by atoms with Crippen LogP contribution in [0.15, 0.2) is 0 Å². The Morgan fingerprint density at radius 2 is 1.95 bits per heavy atom. The van der Waals surface area contributed by atoms with Gasteiger partial charge in [0.1, 0.15) is 0 Å². The second-order valence-corrected chi connectivity index (χ2v) is 8.29. The topological polar surface area (TPSA) is 89.3 Å². The number of carbonyl (C=O) groups is 1. The number of sulfone groups is 1. The van der Waals surface area contributed by atoms with Gasteiger partial charge in [0.15, 0.2) is 9.84 Å². The number of hydrogen-bond acceptors (Lipinski definition) is 4. The maximum absolute atomic E-state index is 12.3. The molecule has 1 saturated carbocycles. The van der Waals surface area contributed by atoms with E-state index in [-0.39, 0.29) is 41.3 Å². The molecule has 2 aliphatic rings. The van der Waals surface area contributed by atoms with Gasteiger partial charge in [0.05, 0.1) is 17.4 Å². The lowest BCUT2D eigenvalue weighted by Crippen LogP contribution is -2.52. The van der Waals surface area contributed by atoms with Crippen LogP contribution in [0.1, 0.15) is 39.0 Å². The third-order valence-corrected chi connectivity index (χ3v) is 6.20. The molecule has 0 spiro atoms. The number of hydrogen-bond donors (Lipinski definition) is 2. The fourth-order valence-corrected chi connectivity index (χ4v) is 4.98. The van der Waals surface area contributed by atoms with Gasteiger partial charge in [-0.2, -0.15) is 0 Å². The summed E-state index contributed by atoms with van der Waals surface area (Å²) >= 11 is 0. The minimum Gasteiger partial charge on any atom is -0.352 e. The number of nitrogens with two attached hydrogens (primary N) is 1. The van der Waals surface area contributed by atoms with Crippen molar-refractivity contribution in [2.45, 2.75) is 51.1 Å². The van der Waals surface area contributed by atoms with Crippen molar-refractivity contribution < 1.29 is 13.2 Å². The van der Waals surface area contributed by atoms with Gasteiger partial charge in [-0.05, 0) is 31.6 Å². The quantitative estimate of drug-likeness (QED) is 0.772. The van der Waals surface area contributed by atoms with Crippen LogP contribution >= 0.6 is 0 Å². The highest BCUT2D eigenvalue weighted by atomic mass is 32.2. The Morgan fingerprint density at radius 1 is 1.21 bits per heavy atom. The summed E-state index contributed by atoms with van der Waals surface area (Å²) < 4.78 is 23.1. The highest BCUT2D eigenvalue weighted by molar-refractivity contribution is 7.91. The Balaban J connectivity index is 1.96. The van der Waals surface area contributed by atoms with Crippen molar-refractivity contribution in [3.8, 4) is 0 Å². The van der Waals surface area contributed by atoms with Crippen LogP contribution < -0.4 is 11.1 Å². The third-order valence-electron chi connectivity index (χ3n) is 4.38. The van der Waals surface area contributed by atoms with E-state index in [4.69, 9.17) is 5.73 Å². The fraction of sp³-hybridized carbons (Fsp3) is 0.923. The average molecular weight is 288 g/mol. The summed E-state index contributed by atoms with van der Waals surface area (Å²) in [6, 6.07) is -0.323. The Labute approximate surface area is 115 Å². The van der Waals surface area contributed by atoms with Crippen LogP contribution in [0.5, 0.6) is 0 Å². The molecule has 110 valence electrons. The van der Waals surface area contributed by atoms with Gasteiger partial charge in [-0.1, -0.05) is 13.3 Å². The van der Waals surface area contributed by atoms with Gasteiger partial charge in [0.25, 0.3) is 0 Å². The van der Waals surface area contributed by atoms with Gasteiger partial charge in [-0.25, -0.2) is 8.42 Å². The lowest BCUT2D eigenvalue weighted by atomic mass is 9.76. The molecule has 1 saturated heterocycles. The first-order chi connectivity index (χ1) is 8.89. The van der Waals surface area contributed by atoms with Crippen molar-refractivity contribution >= 4 is 15.7 Å². The van der Waals surface area contributed by atoms with Crippen LogP contribution in [0.3, 0.4) is 0 Å². The molecule has 0 aromatic rings. The molecule has 5 nitrogen and oxygen atoms in total. The summed E-state index contributed by atoms with van der Waals surface area (Å²) in [5, 5.41) is 2.91. The molecule has 0 radical (unpaired) electrons. The lowest BCUT2D eigenvalue weighted by Gasteiger charge is -2.34. The molecular weight excluding hydrogens is 264 g/mol. The first-order valence-corrected chi connectivity index (χ1v) is 8.97. The summed E-state index contributed by atoms with van der Waals surface area (Å²) in [6.07, 6.45) is 4.37. The molecule has 2 fully saturated rings. The Bertz CT molecular complexity index is 425. The average Bonchev–Trinajstić information content (AvgIpc) is 2.27. The second-order valence-electron chi connectivity index (χ2n) is 6.06. The van der Waals surface area contributed by atoms with Crippen LogP contribution in [0.25, 0.3) is 0 Å². The van der Waals surface area contributed by atoms with E-state index >= 15 is 0 Å². The number of amides is 1. The zero-order valence-corrected chi connectivity index (χ0v) is 12.3. The van der Waals surface area contributed by atoms with Gasteiger partial charge in [0, 0.05) is 12.1 Å². The zero-order chi connectivity index (χ0) is 14.0. The molecule has 0 aromatic carbocycles. The highest BCUT2D eigenvalue weighted by Gasteiger charge is 2.35. The SMILES string of the molecule is CC1CCCC(N)C1C(=O)NC1CCCS(=O)(=O)C1. The Hall–Kier alpha value is -0.620. The van der Waals surface area contributed by atoms with Crippen molar-refractivity contribution in [1.82, 2.24) is 5.32 Å². The van der Waals surface area contributed by atoms with Crippen LogP contribution in [0.4, 0.5) is 0 Å². The molecule has 0 bridgehead atoms. The maximum Gasteiger partial charge on any atom is 0.225 e. The molecule has 0 aromatic heterocycles. The molecule has 2 rings (SSSR count). The summed E-state index contributed by atoms with van der Waals surface area (Å²) in [5.41, 5.74) is 6.05. The van der Waals surface area contributed by atoms with Gasteiger partial charge < -0.3 is 11.1 Å². The summed E-state index contributed by atoms with van der Waals surface area (Å²) in [6.45, 7) is 2.06. The second kappa shape index (κ2) is 5.79. The predicted octanol–water partition coefficient (Wildman–Crippen LogP) is 0.443. The van der Waals surface area contributed by atoms with Crippen LogP contribution in [0.2, 0.25) is 0 Å². The normalized spacial score (nSPS) is 38.6. The van der Waals surface area contributed by atoms with Gasteiger partial charge in [-0.15, -0.1) is 0 Å². The molecule has 1 amide bonds.